The third-order valence-electron chi connectivity index (χ3n) is 1.42. The number of hydrogen-bond acceptors (Lipinski definition) is 1. The monoisotopic (exact) mass is 160 g/mol. The Morgan fingerprint density at radius 1 is 1.60 bits per heavy atom. The van der Waals surface area contributed by atoms with Crippen molar-refractivity contribution in [3.63, 3.8) is 0 Å². The van der Waals surface area contributed by atoms with Gasteiger partial charge in [0.1, 0.15) is 0 Å². The molecule has 3 heteroatoms. The molecule has 0 aliphatic carbocycles. The van der Waals surface area contributed by atoms with E-state index < -0.39 is 11.5 Å². The summed E-state index contributed by atoms with van der Waals surface area (Å²) in [6.07, 6.45) is 0.414. The lowest BCUT2D eigenvalue weighted by molar-refractivity contribution is 0.251. The van der Waals surface area contributed by atoms with Crippen LogP contribution in [-0.4, -0.2) is 19.8 Å². The van der Waals surface area contributed by atoms with Crippen LogP contribution in [-0.2, 0) is 0 Å². The van der Waals surface area contributed by atoms with Gasteiger partial charge in [-0.3, -0.25) is 0 Å². The van der Waals surface area contributed by atoms with Crippen molar-refractivity contribution in [2.75, 3.05) is 5.75 Å². The molecule has 0 aromatic rings. The van der Waals surface area contributed by atoms with Crippen LogP contribution in [0.15, 0.2) is 0 Å². The van der Waals surface area contributed by atoms with Crippen molar-refractivity contribution in [3.8, 4) is 0 Å². The Kier molecular flexibility index (Phi) is 4.42. The van der Waals surface area contributed by atoms with Gasteiger partial charge in [0.05, 0.1) is 14.0 Å². The molecule has 0 aromatic heterocycles. The summed E-state index contributed by atoms with van der Waals surface area (Å²) in [7, 11) is 5.52. The molecule has 1 unspecified atom stereocenters. The third-order valence-corrected chi connectivity index (χ3v) is 1.74. The molecule has 1 atom stereocenters. The van der Waals surface area contributed by atoms with Gasteiger partial charge in [-0.2, -0.15) is 12.6 Å². The molecule has 0 fully saturated rings. The van der Waals surface area contributed by atoms with E-state index >= 15 is 0 Å². The molecule has 0 aromatic carbocycles. The molecule has 0 saturated carbocycles. The zero-order valence-corrected chi connectivity index (χ0v) is 7.50. The van der Waals surface area contributed by atoms with E-state index in [0.29, 0.717) is 6.42 Å². The molecule has 0 rings (SSSR count). The van der Waals surface area contributed by atoms with Crippen molar-refractivity contribution in [1.29, 1.82) is 0 Å². The molecule has 10 heavy (non-hydrogen) atoms. The maximum Gasteiger partial charge on any atom is 0.0974 e. The Balaban J connectivity index is 3.52. The second kappa shape index (κ2) is 4.27. The number of hydrogen-bond donors (Lipinski definition) is 1. The third kappa shape index (κ3) is 4.21. The molecule has 0 saturated heterocycles. The number of halogens is 1. The fourth-order valence-electron chi connectivity index (χ4n) is 0.643. The number of thiol groups is 1. The van der Waals surface area contributed by atoms with Gasteiger partial charge in [-0.1, -0.05) is 13.8 Å². The van der Waals surface area contributed by atoms with E-state index in [-0.39, 0.29) is 0 Å². The first-order chi connectivity index (χ1) is 4.48. The molecule has 0 aliphatic rings. The minimum atomic E-state index is -0.903. The Morgan fingerprint density at radius 3 is 2.40 bits per heavy atom. The maximum atomic E-state index is 12.9. The fourth-order valence-corrected chi connectivity index (χ4v) is 0.825. The van der Waals surface area contributed by atoms with Crippen LogP contribution in [0.3, 0.4) is 0 Å². The number of rotatable bonds is 4. The summed E-state index contributed by atoms with van der Waals surface area (Å²) in [6, 6.07) is 0. The summed E-state index contributed by atoms with van der Waals surface area (Å²) in [6.45, 7) is 3.41. The normalized spacial score (nSPS) is 15.2. The average Bonchev–Trinajstić information content (AvgIpc) is 1.80. The summed E-state index contributed by atoms with van der Waals surface area (Å²) in [5.74, 6) is 0.733. The molecule has 0 nitrogen and oxygen atoms in total. The summed E-state index contributed by atoms with van der Waals surface area (Å²) < 4.78 is 12.9. The molecule has 0 aliphatic heterocycles. The quantitative estimate of drug-likeness (QED) is 0.473. The van der Waals surface area contributed by atoms with Crippen LogP contribution in [0.2, 0.25) is 5.31 Å². The summed E-state index contributed by atoms with van der Waals surface area (Å²) in [4.78, 5) is 0. The van der Waals surface area contributed by atoms with Gasteiger partial charge in [0.15, 0.2) is 0 Å². The standard InChI is InChI=1S/C7H14BFS/c1-7(2,8)6(9)4-3-5-10/h6,10H,3-5H2,1-2H3. The molecule has 0 spiro atoms. The van der Waals surface area contributed by atoms with Crippen LogP contribution in [0.5, 0.6) is 0 Å². The highest BCUT2D eigenvalue weighted by atomic mass is 32.1. The van der Waals surface area contributed by atoms with Crippen molar-refractivity contribution in [2.45, 2.75) is 38.2 Å². The molecule has 0 N–H and O–H groups in total. The highest BCUT2D eigenvalue weighted by Gasteiger charge is 2.22. The molecule has 0 heterocycles. The van der Waals surface area contributed by atoms with E-state index in [1.165, 1.54) is 0 Å². The van der Waals surface area contributed by atoms with E-state index in [4.69, 9.17) is 7.85 Å². The first-order valence-electron chi connectivity index (χ1n) is 3.52. The zero-order chi connectivity index (χ0) is 8.20. The Labute approximate surface area is 69.4 Å². The minimum absolute atomic E-state index is 0.521. The molecule has 2 radical (unpaired) electrons. The Morgan fingerprint density at radius 2 is 2.10 bits per heavy atom. The first-order valence-corrected chi connectivity index (χ1v) is 4.15. The van der Waals surface area contributed by atoms with E-state index in [2.05, 4.69) is 12.6 Å². The zero-order valence-electron chi connectivity index (χ0n) is 6.60. The summed E-state index contributed by atoms with van der Waals surface area (Å²) in [5.41, 5.74) is 0. The van der Waals surface area contributed by atoms with Crippen molar-refractivity contribution in [3.05, 3.63) is 0 Å². The Hall–Kier alpha value is 0.345. The molecule has 0 bridgehead atoms. The van der Waals surface area contributed by atoms with Crippen LogP contribution in [0.25, 0.3) is 0 Å². The van der Waals surface area contributed by atoms with Crippen molar-refractivity contribution in [2.24, 2.45) is 0 Å². The number of alkyl halides is 1. The first kappa shape index (κ1) is 10.3. The van der Waals surface area contributed by atoms with Gasteiger partial charge in [-0.25, -0.2) is 4.39 Å². The smallest absolute Gasteiger partial charge is 0.0974 e. The SMILES string of the molecule is [B]C(C)(C)C(F)CCCS. The summed E-state index contributed by atoms with van der Waals surface area (Å²) >= 11 is 3.98. The van der Waals surface area contributed by atoms with Gasteiger partial charge in [0, 0.05) is 0 Å². The maximum absolute atomic E-state index is 12.9. The van der Waals surface area contributed by atoms with E-state index in [1.807, 2.05) is 0 Å². The van der Waals surface area contributed by atoms with Crippen molar-refractivity contribution in [1.82, 2.24) is 0 Å². The van der Waals surface area contributed by atoms with Crippen LogP contribution >= 0.6 is 12.6 Å². The van der Waals surface area contributed by atoms with E-state index in [0.717, 1.165) is 12.2 Å². The van der Waals surface area contributed by atoms with Gasteiger partial charge >= 0.3 is 0 Å². The minimum Gasteiger partial charge on any atom is -0.248 e. The van der Waals surface area contributed by atoms with Crippen LogP contribution in [0.4, 0.5) is 4.39 Å². The van der Waals surface area contributed by atoms with Crippen LogP contribution in [0.1, 0.15) is 26.7 Å². The van der Waals surface area contributed by atoms with Gasteiger partial charge in [0.2, 0.25) is 0 Å². The van der Waals surface area contributed by atoms with Gasteiger partial charge < -0.3 is 0 Å². The van der Waals surface area contributed by atoms with Crippen molar-refractivity contribution < 1.29 is 4.39 Å². The molecular formula is C7H14BFS. The second-order valence-corrected chi connectivity index (χ2v) is 3.60. The predicted octanol–water partition coefficient (Wildman–Crippen LogP) is 2.40. The lowest BCUT2D eigenvalue weighted by Crippen LogP contribution is -2.18. The topological polar surface area (TPSA) is 0 Å². The Bertz CT molecular complexity index is 90.1. The highest BCUT2D eigenvalue weighted by Crippen LogP contribution is 2.29. The van der Waals surface area contributed by atoms with Crippen LogP contribution in [0, 0.1) is 0 Å². The second-order valence-electron chi connectivity index (χ2n) is 3.15. The fraction of sp³-hybridized carbons (Fsp3) is 1.00. The van der Waals surface area contributed by atoms with Gasteiger partial charge in [-0.15, -0.1) is 0 Å². The lowest BCUT2D eigenvalue weighted by Gasteiger charge is -2.23. The average molecular weight is 160 g/mol. The van der Waals surface area contributed by atoms with E-state index in [9.17, 15) is 4.39 Å². The summed E-state index contributed by atoms with van der Waals surface area (Å²) in [5, 5.41) is -0.692. The van der Waals surface area contributed by atoms with Gasteiger partial charge in [0.25, 0.3) is 0 Å². The van der Waals surface area contributed by atoms with Crippen molar-refractivity contribution >= 4 is 20.5 Å². The predicted molar refractivity (Wildman–Crippen MR) is 47.8 cm³/mol. The molecular weight excluding hydrogens is 146 g/mol. The highest BCUT2D eigenvalue weighted by molar-refractivity contribution is 7.80. The largest absolute Gasteiger partial charge is 0.248 e. The lowest BCUT2D eigenvalue weighted by atomic mass is 9.68. The molecule has 58 valence electrons. The van der Waals surface area contributed by atoms with Gasteiger partial charge in [-0.05, 0) is 23.9 Å². The molecule has 0 amide bonds. The van der Waals surface area contributed by atoms with E-state index in [1.54, 1.807) is 13.8 Å². The van der Waals surface area contributed by atoms with Crippen LogP contribution < -0.4 is 0 Å².